The molecule has 0 aliphatic carbocycles. The van der Waals surface area contributed by atoms with Crippen LogP contribution in [-0.2, 0) is 0 Å². The highest BCUT2D eigenvalue weighted by Gasteiger charge is 2.34. The Morgan fingerprint density at radius 1 is 0.422 bits per heavy atom. The van der Waals surface area contributed by atoms with Crippen LogP contribution in [0.1, 0.15) is 0 Å². The van der Waals surface area contributed by atoms with Crippen molar-refractivity contribution in [2.45, 2.75) is 0 Å². The minimum absolute atomic E-state index is 1.05. The van der Waals surface area contributed by atoms with Crippen LogP contribution in [0.3, 0.4) is 0 Å². The Labute approximate surface area is 258 Å². The van der Waals surface area contributed by atoms with Crippen LogP contribution in [0.4, 0.5) is 17.1 Å². The molecule has 0 saturated carbocycles. The molecule has 2 aliphatic heterocycles. The number of anilines is 3. The molecule has 6 aromatic carbocycles. The summed E-state index contributed by atoms with van der Waals surface area (Å²) in [6.07, 6.45) is 1.97. The average molecular weight is 573 g/mol. The fraction of sp³-hybridized carbons (Fsp3) is 0. The maximum Gasteiger partial charge on any atom is 0.0970 e. The van der Waals surface area contributed by atoms with Gasteiger partial charge < -0.3 is 14.0 Å². The van der Waals surface area contributed by atoms with Gasteiger partial charge in [0.15, 0.2) is 0 Å². The van der Waals surface area contributed by atoms with Gasteiger partial charge in [-0.3, -0.25) is 4.98 Å². The number of hydrogen-bond acceptors (Lipinski definition) is 2. The van der Waals surface area contributed by atoms with E-state index in [-0.39, 0.29) is 0 Å². The molecule has 0 bridgehead atoms. The van der Waals surface area contributed by atoms with Crippen molar-refractivity contribution in [3.8, 4) is 33.6 Å². The van der Waals surface area contributed by atoms with Crippen LogP contribution < -0.4 is 4.90 Å². The van der Waals surface area contributed by atoms with Crippen LogP contribution in [0, 0.1) is 0 Å². The second-order valence-corrected chi connectivity index (χ2v) is 12.0. The third-order valence-electron chi connectivity index (χ3n) is 9.80. The summed E-state index contributed by atoms with van der Waals surface area (Å²) in [7, 11) is 0. The molecule has 0 N–H and O–H groups in total. The molecule has 2 aliphatic rings. The van der Waals surface area contributed by atoms with Crippen LogP contribution in [0.25, 0.3) is 77.4 Å². The molecule has 3 aromatic heterocycles. The van der Waals surface area contributed by atoms with Crippen LogP contribution in [0.2, 0.25) is 0 Å². The van der Waals surface area contributed by atoms with E-state index < -0.39 is 0 Å². The van der Waals surface area contributed by atoms with E-state index in [1.807, 2.05) is 6.20 Å². The molecule has 0 fully saturated rings. The van der Waals surface area contributed by atoms with E-state index >= 15 is 0 Å². The minimum Gasteiger partial charge on any atom is -0.309 e. The normalized spacial score (nSPS) is 12.8. The molecule has 0 spiro atoms. The molecule has 0 radical (unpaired) electrons. The summed E-state index contributed by atoms with van der Waals surface area (Å²) >= 11 is 0. The molecule has 0 saturated heterocycles. The zero-order valence-electron chi connectivity index (χ0n) is 24.1. The van der Waals surface area contributed by atoms with E-state index in [2.05, 4.69) is 154 Å². The van der Waals surface area contributed by atoms with Gasteiger partial charge in [0.25, 0.3) is 0 Å². The van der Waals surface area contributed by atoms with E-state index in [4.69, 9.17) is 4.98 Å². The number of pyridine rings is 1. The second-order valence-electron chi connectivity index (χ2n) is 12.0. The molecular formula is C41H24N4. The van der Waals surface area contributed by atoms with Crippen molar-refractivity contribution in [1.82, 2.24) is 14.1 Å². The summed E-state index contributed by atoms with van der Waals surface area (Å²) in [5, 5.41) is 3.66. The van der Waals surface area contributed by atoms with E-state index in [0.29, 0.717) is 0 Å². The van der Waals surface area contributed by atoms with Crippen LogP contribution in [0.5, 0.6) is 0 Å². The van der Waals surface area contributed by atoms with Crippen molar-refractivity contribution in [2.75, 3.05) is 4.90 Å². The Bertz CT molecular complexity index is 2710. The summed E-state index contributed by atoms with van der Waals surface area (Å²) in [6, 6.07) is 50.8. The molecule has 4 heteroatoms. The van der Waals surface area contributed by atoms with Crippen molar-refractivity contribution in [2.24, 2.45) is 0 Å². The molecule has 4 nitrogen and oxygen atoms in total. The van der Waals surface area contributed by atoms with Gasteiger partial charge in [-0.1, -0.05) is 84.9 Å². The minimum atomic E-state index is 1.05. The summed E-state index contributed by atoms with van der Waals surface area (Å²) in [6.45, 7) is 0. The zero-order valence-corrected chi connectivity index (χ0v) is 24.1. The van der Waals surface area contributed by atoms with Crippen LogP contribution >= 0.6 is 0 Å². The average Bonchev–Trinajstić information content (AvgIpc) is 3.58. The van der Waals surface area contributed by atoms with E-state index in [1.54, 1.807) is 0 Å². The number of hydrogen-bond donors (Lipinski definition) is 0. The Morgan fingerprint density at radius 3 is 2.04 bits per heavy atom. The highest BCUT2D eigenvalue weighted by molar-refractivity contribution is 6.21. The molecule has 5 heterocycles. The number of para-hydroxylation sites is 4. The van der Waals surface area contributed by atoms with Gasteiger partial charge in [0.05, 0.1) is 44.6 Å². The van der Waals surface area contributed by atoms with Crippen molar-refractivity contribution in [3.63, 3.8) is 0 Å². The first-order valence-electron chi connectivity index (χ1n) is 15.4. The summed E-state index contributed by atoms with van der Waals surface area (Å²) in [5.41, 5.74) is 16.6. The standard InChI is InChI=1S/C41H24N4/c1-2-10-25(11-3-1)43-34-17-7-6-14-29(34)33-24-26(20-21-35(33)43)44-36-18-8-15-30-27-12-4-5-13-28(27)31-22-23-42-38-32-16-9-19-37(44)40(32)45(39(30)36)41(31)38/h1-24H. The molecule has 0 atom stereocenters. The maximum atomic E-state index is 4.99. The smallest absolute Gasteiger partial charge is 0.0970 e. The lowest BCUT2D eigenvalue weighted by Crippen LogP contribution is -2.18. The molecule has 208 valence electrons. The number of fused-ring (bicyclic) bond motifs is 7. The summed E-state index contributed by atoms with van der Waals surface area (Å²) in [5.74, 6) is 0. The first kappa shape index (κ1) is 23.3. The fourth-order valence-corrected chi connectivity index (χ4v) is 8.05. The topological polar surface area (TPSA) is 26.0 Å². The highest BCUT2D eigenvalue weighted by atomic mass is 15.2. The third kappa shape index (κ3) is 2.84. The van der Waals surface area contributed by atoms with Crippen molar-refractivity contribution >= 4 is 60.8 Å². The largest absolute Gasteiger partial charge is 0.309 e. The summed E-state index contributed by atoms with van der Waals surface area (Å²) in [4.78, 5) is 7.45. The first-order chi connectivity index (χ1) is 22.4. The van der Waals surface area contributed by atoms with Gasteiger partial charge in [-0.2, -0.15) is 0 Å². The lowest BCUT2D eigenvalue weighted by molar-refractivity contribution is 1.12. The summed E-state index contributed by atoms with van der Waals surface area (Å²) < 4.78 is 4.87. The molecule has 45 heavy (non-hydrogen) atoms. The number of benzene rings is 6. The lowest BCUT2D eigenvalue weighted by atomic mass is 9.93. The second kappa shape index (κ2) is 8.28. The number of rotatable bonds is 2. The Balaban J connectivity index is 1.28. The van der Waals surface area contributed by atoms with E-state index in [9.17, 15) is 0 Å². The fourth-order valence-electron chi connectivity index (χ4n) is 8.05. The molecule has 0 unspecified atom stereocenters. The van der Waals surface area contributed by atoms with Gasteiger partial charge in [-0.25, -0.2) is 0 Å². The Hall–Kier alpha value is -6.13. The monoisotopic (exact) mass is 572 g/mol. The third-order valence-corrected chi connectivity index (χ3v) is 9.80. The van der Waals surface area contributed by atoms with Gasteiger partial charge in [-0.05, 0) is 65.7 Å². The zero-order chi connectivity index (χ0) is 29.2. The van der Waals surface area contributed by atoms with Gasteiger partial charge >= 0.3 is 0 Å². The van der Waals surface area contributed by atoms with Gasteiger partial charge in [0, 0.05) is 44.9 Å². The van der Waals surface area contributed by atoms with Crippen molar-refractivity contribution in [3.05, 3.63) is 146 Å². The van der Waals surface area contributed by atoms with Gasteiger partial charge in [0.2, 0.25) is 0 Å². The van der Waals surface area contributed by atoms with Gasteiger partial charge in [-0.15, -0.1) is 0 Å². The molecule has 11 rings (SSSR count). The molecule has 0 amide bonds. The van der Waals surface area contributed by atoms with Crippen LogP contribution in [0.15, 0.2) is 146 Å². The maximum absolute atomic E-state index is 4.99. The van der Waals surface area contributed by atoms with Gasteiger partial charge in [0.1, 0.15) is 0 Å². The number of nitrogens with zero attached hydrogens (tertiary/aromatic N) is 4. The van der Waals surface area contributed by atoms with E-state index in [0.717, 1.165) is 11.2 Å². The predicted molar refractivity (Wildman–Crippen MR) is 186 cm³/mol. The Morgan fingerprint density at radius 2 is 1.13 bits per heavy atom. The molecule has 9 aromatic rings. The molecular weight excluding hydrogens is 548 g/mol. The highest BCUT2D eigenvalue weighted by Crippen LogP contribution is 2.55. The van der Waals surface area contributed by atoms with Crippen LogP contribution in [-0.4, -0.2) is 14.1 Å². The lowest BCUT2D eigenvalue weighted by Gasteiger charge is -2.34. The SMILES string of the molecule is c1ccc(-n2c3ccccc3c3cc(N4c5cccc6c5-n5c7c4cccc7c4nccc(c45)-c4ccccc4-6)ccc32)cc1. The van der Waals surface area contributed by atoms with Crippen molar-refractivity contribution in [1.29, 1.82) is 0 Å². The quantitative estimate of drug-likeness (QED) is 0.206. The van der Waals surface area contributed by atoms with Crippen molar-refractivity contribution < 1.29 is 0 Å². The number of aromatic nitrogens is 3. The predicted octanol–water partition coefficient (Wildman–Crippen LogP) is 10.7. The first-order valence-corrected chi connectivity index (χ1v) is 15.4. The Kier molecular flexibility index (Phi) is 4.29. The van der Waals surface area contributed by atoms with E-state index in [1.165, 1.54) is 83.2 Å².